The number of urea groups is 1. The van der Waals surface area contributed by atoms with Gasteiger partial charge >= 0.3 is 6.03 Å². The molecule has 5 nitrogen and oxygen atoms in total. The highest BCUT2D eigenvalue weighted by atomic mass is 32.2. The van der Waals surface area contributed by atoms with Crippen molar-refractivity contribution in [3.63, 3.8) is 0 Å². The number of hydrogen-bond acceptors (Lipinski definition) is 4. The molecular weight excluding hydrogens is 298 g/mol. The van der Waals surface area contributed by atoms with Gasteiger partial charge in [0.1, 0.15) is 10.8 Å². The van der Waals surface area contributed by atoms with Crippen molar-refractivity contribution in [3.8, 4) is 5.75 Å². The molecule has 0 fully saturated rings. The lowest BCUT2D eigenvalue weighted by atomic mass is 10.2. The number of anilines is 1. The Bertz CT molecular complexity index is 678. The molecule has 0 unspecified atom stereocenters. The fourth-order valence-electron chi connectivity index (χ4n) is 2.32. The molecule has 1 aliphatic heterocycles. The van der Waals surface area contributed by atoms with Crippen molar-refractivity contribution < 1.29 is 9.53 Å². The summed E-state index contributed by atoms with van der Waals surface area (Å²) < 4.78 is 5.19. The van der Waals surface area contributed by atoms with E-state index < -0.39 is 0 Å². The molecule has 2 amide bonds. The van der Waals surface area contributed by atoms with Crippen LogP contribution in [0.5, 0.6) is 5.75 Å². The standard InChI is InChI=1S/C16H17N3O2S/c1-21-13-5-2-4-12(10-13)11-18-16(20)19-8-9-22-15-14(19)6-3-7-17-15/h2-7,10H,8-9,11H2,1H3,(H,18,20). The van der Waals surface area contributed by atoms with Crippen molar-refractivity contribution in [1.82, 2.24) is 10.3 Å². The van der Waals surface area contributed by atoms with Crippen molar-refractivity contribution in [3.05, 3.63) is 48.2 Å². The lowest BCUT2D eigenvalue weighted by molar-refractivity contribution is 0.246. The minimum Gasteiger partial charge on any atom is -0.497 e. The molecule has 0 radical (unpaired) electrons. The topological polar surface area (TPSA) is 54.5 Å². The third-order valence-corrected chi connectivity index (χ3v) is 4.39. The van der Waals surface area contributed by atoms with E-state index in [9.17, 15) is 4.79 Å². The second-order valence-corrected chi connectivity index (χ2v) is 5.92. The number of hydrogen-bond donors (Lipinski definition) is 1. The molecule has 3 rings (SSSR count). The lowest BCUT2D eigenvalue weighted by Gasteiger charge is -2.28. The zero-order valence-corrected chi connectivity index (χ0v) is 13.1. The number of nitrogens with one attached hydrogen (secondary N) is 1. The quantitative estimate of drug-likeness (QED) is 0.946. The molecule has 2 aromatic rings. The van der Waals surface area contributed by atoms with Crippen LogP contribution in [0.3, 0.4) is 0 Å². The third-order valence-electron chi connectivity index (χ3n) is 3.42. The van der Waals surface area contributed by atoms with Crippen LogP contribution in [0.15, 0.2) is 47.6 Å². The van der Waals surface area contributed by atoms with Crippen LogP contribution in [0.4, 0.5) is 10.5 Å². The van der Waals surface area contributed by atoms with E-state index in [0.29, 0.717) is 13.1 Å². The summed E-state index contributed by atoms with van der Waals surface area (Å²) in [5.74, 6) is 1.65. The van der Waals surface area contributed by atoms with E-state index in [1.807, 2.05) is 36.4 Å². The molecule has 1 aliphatic rings. The molecule has 0 bridgehead atoms. The van der Waals surface area contributed by atoms with Crippen LogP contribution in [0, 0.1) is 0 Å². The Hall–Kier alpha value is -2.21. The summed E-state index contributed by atoms with van der Waals surface area (Å²) >= 11 is 1.68. The van der Waals surface area contributed by atoms with Crippen molar-refractivity contribution in [1.29, 1.82) is 0 Å². The Morgan fingerprint density at radius 3 is 3.18 bits per heavy atom. The maximum atomic E-state index is 12.4. The van der Waals surface area contributed by atoms with E-state index in [0.717, 1.165) is 27.8 Å². The van der Waals surface area contributed by atoms with Gasteiger partial charge in [0.25, 0.3) is 0 Å². The number of methoxy groups -OCH3 is 1. The maximum Gasteiger partial charge on any atom is 0.322 e. The fraction of sp³-hybridized carbons (Fsp3) is 0.250. The first-order valence-corrected chi connectivity index (χ1v) is 8.02. The number of amides is 2. The summed E-state index contributed by atoms with van der Waals surface area (Å²) in [4.78, 5) is 18.5. The zero-order chi connectivity index (χ0) is 15.4. The first-order chi connectivity index (χ1) is 10.8. The lowest BCUT2D eigenvalue weighted by Crippen LogP contribution is -2.42. The van der Waals surface area contributed by atoms with Gasteiger partial charge in [-0.15, -0.1) is 11.8 Å². The van der Waals surface area contributed by atoms with Crippen molar-refractivity contribution in [2.75, 3.05) is 24.3 Å². The highest BCUT2D eigenvalue weighted by Crippen LogP contribution is 2.32. The van der Waals surface area contributed by atoms with Gasteiger partial charge in [-0.05, 0) is 29.8 Å². The van der Waals surface area contributed by atoms with Crippen molar-refractivity contribution in [2.24, 2.45) is 0 Å². The fourth-order valence-corrected chi connectivity index (χ4v) is 3.25. The largest absolute Gasteiger partial charge is 0.497 e. The number of carbonyl (C=O) groups is 1. The van der Waals surface area contributed by atoms with Crippen LogP contribution < -0.4 is 15.0 Å². The predicted octanol–water partition coefficient (Wildman–Crippen LogP) is 2.91. The summed E-state index contributed by atoms with van der Waals surface area (Å²) in [5.41, 5.74) is 1.88. The number of pyridine rings is 1. The molecule has 1 N–H and O–H groups in total. The van der Waals surface area contributed by atoms with Gasteiger partial charge in [0.15, 0.2) is 0 Å². The molecule has 2 heterocycles. The van der Waals surface area contributed by atoms with Crippen molar-refractivity contribution in [2.45, 2.75) is 11.6 Å². The van der Waals surface area contributed by atoms with Gasteiger partial charge in [-0.1, -0.05) is 12.1 Å². The zero-order valence-electron chi connectivity index (χ0n) is 12.3. The average Bonchev–Trinajstić information content (AvgIpc) is 2.59. The SMILES string of the molecule is COc1cccc(CNC(=O)N2CCSc3ncccc32)c1. The molecule has 0 spiro atoms. The first kappa shape index (κ1) is 14.7. The molecular formula is C16H17N3O2S. The molecule has 114 valence electrons. The highest BCUT2D eigenvalue weighted by Gasteiger charge is 2.23. The number of thioether (sulfide) groups is 1. The van der Waals surface area contributed by atoms with E-state index in [1.54, 1.807) is 30.0 Å². The molecule has 0 saturated heterocycles. The minimum atomic E-state index is -0.0997. The van der Waals surface area contributed by atoms with E-state index in [-0.39, 0.29) is 6.03 Å². The third kappa shape index (κ3) is 3.17. The van der Waals surface area contributed by atoms with Crippen LogP contribution in [-0.4, -0.2) is 30.4 Å². The molecule has 22 heavy (non-hydrogen) atoms. The van der Waals surface area contributed by atoms with Gasteiger partial charge in [-0.3, -0.25) is 4.90 Å². The summed E-state index contributed by atoms with van der Waals surface area (Å²) in [6, 6.07) is 11.4. The van der Waals surface area contributed by atoms with Gasteiger partial charge in [-0.2, -0.15) is 0 Å². The Balaban J connectivity index is 1.68. The first-order valence-electron chi connectivity index (χ1n) is 7.04. The normalized spacial score (nSPS) is 13.4. The van der Waals surface area contributed by atoms with Crippen LogP contribution in [0.2, 0.25) is 0 Å². The second-order valence-electron chi connectivity index (χ2n) is 4.84. The molecule has 6 heteroatoms. The van der Waals surface area contributed by atoms with Gasteiger partial charge < -0.3 is 10.1 Å². The number of fused-ring (bicyclic) bond motifs is 1. The maximum absolute atomic E-state index is 12.4. The molecule has 0 atom stereocenters. The molecule has 1 aromatic heterocycles. The average molecular weight is 315 g/mol. The molecule has 0 aliphatic carbocycles. The van der Waals surface area contributed by atoms with E-state index in [1.165, 1.54) is 0 Å². The second kappa shape index (κ2) is 6.70. The van der Waals surface area contributed by atoms with Gasteiger partial charge in [0.2, 0.25) is 0 Å². The monoisotopic (exact) mass is 315 g/mol. The number of rotatable bonds is 3. The van der Waals surface area contributed by atoms with E-state index in [2.05, 4.69) is 10.3 Å². The summed E-state index contributed by atoms with van der Waals surface area (Å²) in [6.45, 7) is 1.16. The number of aromatic nitrogens is 1. The van der Waals surface area contributed by atoms with E-state index >= 15 is 0 Å². The number of benzene rings is 1. The molecule has 1 aromatic carbocycles. The molecule has 0 saturated carbocycles. The van der Waals surface area contributed by atoms with Crippen LogP contribution in [0.1, 0.15) is 5.56 Å². The van der Waals surface area contributed by atoms with Gasteiger partial charge in [0.05, 0.1) is 12.8 Å². The number of carbonyl (C=O) groups excluding carboxylic acids is 1. The minimum absolute atomic E-state index is 0.0997. The Kier molecular flexibility index (Phi) is 4.48. The summed E-state index contributed by atoms with van der Waals surface area (Å²) in [5, 5.41) is 3.86. The van der Waals surface area contributed by atoms with Crippen LogP contribution in [0.25, 0.3) is 0 Å². The number of ether oxygens (including phenoxy) is 1. The van der Waals surface area contributed by atoms with Gasteiger partial charge in [0, 0.05) is 25.0 Å². The Morgan fingerprint density at radius 1 is 1.41 bits per heavy atom. The van der Waals surface area contributed by atoms with E-state index in [4.69, 9.17) is 4.74 Å². The predicted molar refractivity (Wildman–Crippen MR) is 87.5 cm³/mol. The van der Waals surface area contributed by atoms with Gasteiger partial charge in [-0.25, -0.2) is 9.78 Å². The van der Waals surface area contributed by atoms with Crippen LogP contribution >= 0.6 is 11.8 Å². The highest BCUT2D eigenvalue weighted by molar-refractivity contribution is 7.99. The van der Waals surface area contributed by atoms with Crippen molar-refractivity contribution >= 4 is 23.5 Å². The van der Waals surface area contributed by atoms with Crippen LogP contribution in [-0.2, 0) is 6.54 Å². The smallest absolute Gasteiger partial charge is 0.322 e. The summed E-state index contributed by atoms with van der Waals surface area (Å²) in [7, 11) is 1.63. The number of nitrogens with zero attached hydrogens (tertiary/aromatic N) is 2. The summed E-state index contributed by atoms with van der Waals surface area (Å²) in [6.07, 6.45) is 1.75. The Morgan fingerprint density at radius 2 is 2.32 bits per heavy atom. The Labute approximate surface area is 133 Å².